The molecule has 1 heterocycles. The third-order valence-corrected chi connectivity index (χ3v) is 3.64. The minimum absolute atomic E-state index is 0.0677. The highest BCUT2D eigenvalue weighted by atomic mass is 35.5. The number of hydrogen-bond acceptors (Lipinski definition) is 0. The van der Waals surface area contributed by atoms with Gasteiger partial charge in [0.25, 0.3) is 0 Å². The van der Waals surface area contributed by atoms with Crippen LogP contribution in [0.2, 0.25) is 5.02 Å². The van der Waals surface area contributed by atoms with Crippen LogP contribution < -0.4 is 0 Å². The summed E-state index contributed by atoms with van der Waals surface area (Å²) in [6, 6.07) is 6.46. The van der Waals surface area contributed by atoms with Crippen molar-refractivity contribution in [2.45, 2.75) is 52.4 Å². The lowest BCUT2D eigenvalue weighted by molar-refractivity contribution is 0.574. The van der Waals surface area contributed by atoms with Gasteiger partial charge < -0.3 is 4.98 Å². The molecule has 0 aliphatic heterocycles. The smallest absolute Gasteiger partial charge is 0.0460 e. The Morgan fingerprint density at radius 1 is 0.889 bits per heavy atom. The van der Waals surface area contributed by atoms with E-state index in [2.05, 4.69) is 64.7 Å². The van der Waals surface area contributed by atoms with Gasteiger partial charge in [0.2, 0.25) is 0 Å². The minimum atomic E-state index is 0.0677. The molecule has 98 valence electrons. The Balaban J connectivity index is 2.65. The zero-order valence-electron chi connectivity index (χ0n) is 12.1. The number of aromatic nitrogens is 1. The third-order valence-electron chi connectivity index (χ3n) is 3.32. The van der Waals surface area contributed by atoms with E-state index >= 15 is 0 Å². The SMILES string of the molecule is CC(C)(C)c1cc2cc(Cl)c(C(C)(C)C)cc2[nH]1. The van der Waals surface area contributed by atoms with E-state index in [-0.39, 0.29) is 10.8 Å². The van der Waals surface area contributed by atoms with Gasteiger partial charge in [0, 0.05) is 27.0 Å². The van der Waals surface area contributed by atoms with E-state index in [1.807, 2.05) is 0 Å². The fourth-order valence-corrected chi connectivity index (χ4v) is 2.59. The highest BCUT2D eigenvalue weighted by molar-refractivity contribution is 6.32. The molecule has 0 aliphatic carbocycles. The third kappa shape index (κ3) is 2.42. The van der Waals surface area contributed by atoms with Gasteiger partial charge in [-0.05, 0) is 29.2 Å². The highest BCUT2D eigenvalue weighted by Gasteiger charge is 2.21. The molecule has 0 fully saturated rings. The van der Waals surface area contributed by atoms with Crippen LogP contribution in [-0.4, -0.2) is 4.98 Å². The summed E-state index contributed by atoms with van der Waals surface area (Å²) < 4.78 is 0. The summed E-state index contributed by atoms with van der Waals surface area (Å²) in [5.41, 5.74) is 3.82. The molecule has 0 bridgehead atoms. The van der Waals surface area contributed by atoms with Gasteiger partial charge in [-0.2, -0.15) is 0 Å². The quantitative estimate of drug-likeness (QED) is 0.654. The largest absolute Gasteiger partial charge is 0.358 e. The highest BCUT2D eigenvalue weighted by Crippen LogP contribution is 2.34. The van der Waals surface area contributed by atoms with E-state index in [1.165, 1.54) is 22.2 Å². The van der Waals surface area contributed by atoms with E-state index in [4.69, 9.17) is 11.6 Å². The van der Waals surface area contributed by atoms with Gasteiger partial charge in [0.15, 0.2) is 0 Å². The van der Waals surface area contributed by atoms with Crippen LogP contribution in [0.4, 0.5) is 0 Å². The van der Waals surface area contributed by atoms with Crippen molar-refractivity contribution in [3.63, 3.8) is 0 Å². The Bertz CT molecular complexity index is 579. The molecule has 0 amide bonds. The summed E-state index contributed by atoms with van der Waals surface area (Å²) in [7, 11) is 0. The molecule has 0 saturated carbocycles. The van der Waals surface area contributed by atoms with Crippen molar-refractivity contribution in [1.82, 2.24) is 4.98 Å². The lowest BCUT2D eigenvalue weighted by atomic mass is 9.86. The van der Waals surface area contributed by atoms with Crippen LogP contribution in [0.15, 0.2) is 18.2 Å². The Morgan fingerprint density at radius 2 is 1.50 bits per heavy atom. The predicted molar refractivity (Wildman–Crippen MR) is 80.7 cm³/mol. The number of halogens is 1. The number of H-pyrrole nitrogens is 1. The molecule has 1 N–H and O–H groups in total. The van der Waals surface area contributed by atoms with Gasteiger partial charge in [-0.15, -0.1) is 0 Å². The first kappa shape index (κ1) is 13.5. The molecule has 0 radical (unpaired) electrons. The minimum Gasteiger partial charge on any atom is -0.358 e. The fraction of sp³-hybridized carbons (Fsp3) is 0.500. The number of benzene rings is 1. The molecular formula is C16H22ClN. The molecule has 0 aliphatic rings. The second kappa shape index (κ2) is 4.03. The van der Waals surface area contributed by atoms with Gasteiger partial charge in [-0.25, -0.2) is 0 Å². The number of nitrogens with one attached hydrogen (secondary N) is 1. The lowest BCUT2D eigenvalue weighted by Gasteiger charge is -2.20. The lowest BCUT2D eigenvalue weighted by Crippen LogP contribution is -2.12. The summed E-state index contributed by atoms with van der Waals surface area (Å²) in [5, 5.41) is 2.05. The number of rotatable bonds is 0. The van der Waals surface area contributed by atoms with Gasteiger partial charge in [0.1, 0.15) is 0 Å². The van der Waals surface area contributed by atoms with Crippen LogP contribution in [0.3, 0.4) is 0 Å². The van der Waals surface area contributed by atoms with Gasteiger partial charge in [-0.3, -0.25) is 0 Å². The molecule has 1 nitrogen and oxygen atoms in total. The second-order valence-electron chi connectivity index (χ2n) is 7.10. The van der Waals surface area contributed by atoms with Crippen LogP contribution >= 0.6 is 11.6 Å². The Labute approximate surface area is 115 Å². The standard InChI is InChI=1S/C16H22ClN/c1-15(2,3)11-9-13-10(7-12(11)17)8-14(18-13)16(4,5)6/h7-9,18H,1-6H3. The van der Waals surface area contributed by atoms with E-state index in [0.29, 0.717) is 0 Å². The average molecular weight is 264 g/mol. The maximum Gasteiger partial charge on any atom is 0.0460 e. The van der Waals surface area contributed by atoms with Crippen LogP contribution in [0.5, 0.6) is 0 Å². The molecule has 0 unspecified atom stereocenters. The molecule has 2 aromatic rings. The summed E-state index contributed by atoms with van der Waals surface area (Å²) in [6.07, 6.45) is 0. The zero-order chi connectivity index (χ0) is 13.7. The zero-order valence-corrected chi connectivity index (χ0v) is 12.9. The number of fused-ring (bicyclic) bond motifs is 1. The molecule has 2 heteroatoms. The second-order valence-corrected chi connectivity index (χ2v) is 7.51. The fourth-order valence-electron chi connectivity index (χ4n) is 2.13. The van der Waals surface area contributed by atoms with Gasteiger partial charge in [0.05, 0.1) is 0 Å². The number of hydrogen-bond donors (Lipinski definition) is 1. The first-order chi connectivity index (χ1) is 8.09. The van der Waals surface area contributed by atoms with Crippen molar-refractivity contribution in [3.8, 4) is 0 Å². The first-order valence-electron chi connectivity index (χ1n) is 6.42. The summed E-state index contributed by atoms with van der Waals surface area (Å²) >= 11 is 6.40. The van der Waals surface area contributed by atoms with Crippen LogP contribution in [0, 0.1) is 0 Å². The van der Waals surface area contributed by atoms with Crippen molar-refractivity contribution < 1.29 is 0 Å². The van der Waals surface area contributed by atoms with Crippen LogP contribution in [0.1, 0.15) is 52.8 Å². The predicted octanol–water partition coefficient (Wildman–Crippen LogP) is 5.42. The first-order valence-corrected chi connectivity index (χ1v) is 6.80. The molecule has 1 aromatic heterocycles. The summed E-state index contributed by atoms with van der Waals surface area (Å²) in [5.74, 6) is 0. The topological polar surface area (TPSA) is 15.8 Å². The molecule has 0 atom stereocenters. The van der Waals surface area contributed by atoms with Crippen molar-refractivity contribution in [3.05, 3.63) is 34.5 Å². The van der Waals surface area contributed by atoms with Crippen molar-refractivity contribution >= 4 is 22.5 Å². The van der Waals surface area contributed by atoms with Crippen molar-refractivity contribution in [1.29, 1.82) is 0 Å². The van der Waals surface area contributed by atoms with E-state index < -0.39 is 0 Å². The van der Waals surface area contributed by atoms with Crippen LogP contribution in [0.25, 0.3) is 10.9 Å². The Morgan fingerprint density at radius 3 is 2.00 bits per heavy atom. The molecule has 18 heavy (non-hydrogen) atoms. The number of aromatic amines is 1. The molecule has 0 spiro atoms. The summed E-state index contributed by atoms with van der Waals surface area (Å²) in [4.78, 5) is 3.52. The maximum absolute atomic E-state index is 6.40. The van der Waals surface area contributed by atoms with Gasteiger partial charge >= 0.3 is 0 Å². The summed E-state index contributed by atoms with van der Waals surface area (Å²) in [6.45, 7) is 13.2. The molecule has 2 rings (SSSR count). The van der Waals surface area contributed by atoms with Gasteiger partial charge in [-0.1, -0.05) is 53.1 Å². The van der Waals surface area contributed by atoms with Crippen molar-refractivity contribution in [2.24, 2.45) is 0 Å². The van der Waals surface area contributed by atoms with E-state index in [0.717, 1.165) is 5.02 Å². The van der Waals surface area contributed by atoms with E-state index in [9.17, 15) is 0 Å². The Kier molecular flexibility index (Phi) is 3.02. The normalized spacial score (nSPS) is 13.3. The maximum atomic E-state index is 6.40. The van der Waals surface area contributed by atoms with Crippen LogP contribution in [-0.2, 0) is 10.8 Å². The monoisotopic (exact) mass is 263 g/mol. The molecular weight excluding hydrogens is 242 g/mol. The molecule has 1 aromatic carbocycles. The van der Waals surface area contributed by atoms with E-state index in [1.54, 1.807) is 0 Å². The molecule has 0 saturated heterocycles. The van der Waals surface area contributed by atoms with Crippen molar-refractivity contribution in [2.75, 3.05) is 0 Å². The average Bonchev–Trinajstić information content (AvgIpc) is 2.56. The Hall–Kier alpha value is -0.950.